The number of amides is 1. The average Bonchev–Trinajstić information content (AvgIpc) is 3.22. The van der Waals surface area contributed by atoms with Crippen LogP contribution in [0.1, 0.15) is 17.3 Å². The van der Waals surface area contributed by atoms with Crippen molar-refractivity contribution in [3.8, 4) is 5.75 Å². The van der Waals surface area contributed by atoms with Crippen molar-refractivity contribution in [2.45, 2.75) is 18.4 Å². The maximum Gasteiger partial charge on any atom is 0.326 e. The highest BCUT2D eigenvalue weighted by molar-refractivity contribution is 7.92. The molecule has 0 radical (unpaired) electrons. The third-order valence-corrected chi connectivity index (χ3v) is 7.64. The van der Waals surface area contributed by atoms with Gasteiger partial charge in [-0.2, -0.15) is 4.99 Å². The minimum atomic E-state index is -3.86. The van der Waals surface area contributed by atoms with Gasteiger partial charge in [0.1, 0.15) is 18.1 Å². The summed E-state index contributed by atoms with van der Waals surface area (Å²) in [6, 6.07) is 16.0. The van der Waals surface area contributed by atoms with E-state index in [2.05, 4.69) is 9.71 Å². The van der Waals surface area contributed by atoms with Crippen molar-refractivity contribution in [2.75, 3.05) is 18.4 Å². The number of halogens is 1. The van der Waals surface area contributed by atoms with Crippen LogP contribution < -0.4 is 14.3 Å². The molecule has 1 N–H and O–H groups in total. The first-order valence-corrected chi connectivity index (χ1v) is 13.3. The number of carbonyl (C=O) groups excluding carboxylic acids is 2. The first kappa shape index (κ1) is 26.0. The lowest BCUT2D eigenvalue weighted by Gasteiger charge is -2.09. The summed E-state index contributed by atoms with van der Waals surface area (Å²) in [5.41, 5.74) is 0.567. The molecule has 0 bridgehead atoms. The number of nitrogens with one attached hydrogen (secondary N) is 1. The number of esters is 1. The molecule has 4 aromatic rings. The van der Waals surface area contributed by atoms with E-state index in [4.69, 9.17) is 9.47 Å². The number of para-hydroxylation sites is 1. The van der Waals surface area contributed by atoms with Gasteiger partial charge in [0.25, 0.3) is 15.9 Å². The predicted molar refractivity (Wildman–Crippen MR) is 137 cm³/mol. The number of carbonyl (C=O) groups is 2. The van der Waals surface area contributed by atoms with Crippen LogP contribution in [-0.4, -0.2) is 38.6 Å². The van der Waals surface area contributed by atoms with Gasteiger partial charge < -0.3 is 14.0 Å². The van der Waals surface area contributed by atoms with Crippen LogP contribution in [0.15, 0.2) is 76.6 Å². The number of ether oxygens (including phenoxy) is 2. The number of thiazole rings is 1. The van der Waals surface area contributed by atoms with E-state index >= 15 is 0 Å². The maximum absolute atomic E-state index is 14.5. The summed E-state index contributed by atoms with van der Waals surface area (Å²) in [6.45, 7) is 1.50. The number of rotatable bonds is 8. The molecule has 0 atom stereocenters. The van der Waals surface area contributed by atoms with Gasteiger partial charge in [-0.1, -0.05) is 17.4 Å². The molecule has 1 heterocycles. The molecule has 12 heteroatoms. The van der Waals surface area contributed by atoms with Crippen molar-refractivity contribution < 1.29 is 31.9 Å². The Bertz CT molecular complexity index is 1630. The molecule has 0 saturated carbocycles. The topological polar surface area (TPSA) is 116 Å². The lowest BCUT2D eigenvalue weighted by molar-refractivity contribution is -0.143. The quantitative estimate of drug-likeness (QED) is 0.337. The molecular weight excluding hydrogens is 521 g/mol. The molecule has 0 aliphatic rings. The van der Waals surface area contributed by atoms with Gasteiger partial charge in [-0.25, -0.2) is 12.8 Å². The summed E-state index contributed by atoms with van der Waals surface area (Å²) in [7, 11) is -2.37. The van der Waals surface area contributed by atoms with E-state index in [-0.39, 0.29) is 39.6 Å². The molecule has 0 spiro atoms. The highest BCUT2D eigenvalue weighted by atomic mass is 32.2. The minimum absolute atomic E-state index is 0.0478. The fraction of sp³-hybridized carbons (Fsp3) is 0.160. The van der Waals surface area contributed by atoms with Crippen LogP contribution in [0.3, 0.4) is 0 Å². The fourth-order valence-electron chi connectivity index (χ4n) is 3.46. The van der Waals surface area contributed by atoms with Gasteiger partial charge >= 0.3 is 5.97 Å². The monoisotopic (exact) mass is 543 g/mol. The minimum Gasteiger partial charge on any atom is -0.497 e. The van der Waals surface area contributed by atoms with Gasteiger partial charge in [0, 0.05) is 11.3 Å². The zero-order valence-electron chi connectivity index (χ0n) is 19.8. The normalized spacial score (nSPS) is 11.9. The van der Waals surface area contributed by atoms with Gasteiger partial charge in [-0.15, -0.1) is 0 Å². The molecule has 0 fully saturated rings. The van der Waals surface area contributed by atoms with Gasteiger partial charge in [0.15, 0.2) is 4.80 Å². The molecule has 37 heavy (non-hydrogen) atoms. The summed E-state index contributed by atoms with van der Waals surface area (Å²) < 4.78 is 54.1. The van der Waals surface area contributed by atoms with E-state index in [9.17, 15) is 22.4 Å². The summed E-state index contributed by atoms with van der Waals surface area (Å²) in [5.74, 6) is -1.27. The Morgan fingerprint density at radius 3 is 2.41 bits per heavy atom. The first-order valence-electron chi connectivity index (χ1n) is 11.0. The summed E-state index contributed by atoms with van der Waals surface area (Å²) in [6.07, 6.45) is 0. The molecule has 1 aromatic heterocycles. The van der Waals surface area contributed by atoms with Crippen molar-refractivity contribution in [3.05, 3.63) is 82.9 Å². The number of hydrogen-bond acceptors (Lipinski definition) is 7. The van der Waals surface area contributed by atoms with Crippen LogP contribution in [-0.2, 0) is 26.1 Å². The van der Waals surface area contributed by atoms with Crippen molar-refractivity contribution in [1.82, 2.24) is 4.57 Å². The molecule has 192 valence electrons. The van der Waals surface area contributed by atoms with E-state index in [1.54, 1.807) is 13.0 Å². The zero-order chi connectivity index (χ0) is 26.6. The SMILES string of the molecule is CCOC(=O)Cn1c(=NC(=O)c2ccc(NS(=O)(=O)c3ccc(OC)cc3)cc2)sc2cccc(F)c21. The Morgan fingerprint density at radius 1 is 1.05 bits per heavy atom. The zero-order valence-corrected chi connectivity index (χ0v) is 21.4. The molecule has 3 aromatic carbocycles. The Hall–Kier alpha value is -4.03. The second-order valence-corrected chi connectivity index (χ2v) is 10.3. The number of hydrogen-bond donors (Lipinski definition) is 1. The second-order valence-electron chi connectivity index (χ2n) is 7.64. The van der Waals surface area contributed by atoms with E-state index in [1.807, 2.05) is 0 Å². The average molecular weight is 544 g/mol. The third kappa shape index (κ3) is 5.87. The lowest BCUT2D eigenvalue weighted by atomic mass is 10.2. The van der Waals surface area contributed by atoms with Gasteiger partial charge in [0.05, 0.1) is 28.8 Å². The Balaban J connectivity index is 1.60. The number of fused-ring (bicyclic) bond motifs is 1. The molecule has 1 amide bonds. The van der Waals surface area contributed by atoms with Crippen LogP contribution in [0, 0.1) is 5.82 Å². The first-order chi connectivity index (χ1) is 17.7. The molecule has 4 rings (SSSR count). The summed E-state index contributed by atoms with van der Waals surface area (Å²) in [4.78, 5) is 29.3. The number of methoxy groups -OCH3 is 1. The number of benzene rings is 3. The van der Waals surface area contributed by atoms with Crippen LogP contribution in [0.5, 0.6) is 5.75 Å². The number of anilines is 1. The highest BCUT2D eigenvalue weighted by Crippen LogP contribution is 2.22. The Kier molecular flexibility index (Phi) is 7.69. The standard InChI is InChI=1S/C25H22FN3O6S2/c1-3-35-22(30)15-29-23-20(26)5-4-6-21(23)36-25(29)27-24(31)16-7-9-17(10-8-16)28-37(32,33)19-13-11-18(34-2)12-14-19/h4-14,28H,3,15H2,1-2H3. The van der Waals surface area contributed by atoms with Gasteiger partial charge in [0.2, 0.25) is 0 Å². The van der Waals surface area contributed by atoms with Gasteiger partial charge in [-0.3, -0.25) is 14.3 Å². The van der Waals surface area contributed by atoms with E-state index in [1.165, 1.54) is 72.3 Å². The smallest absolute Gasteiger partial charge is 0.326 e. The molecule has 0 saturated heterocycles. The maximum atomic E-state index is 14.5. The lowest BCUT2D eigenvalue weighted by Crippen LogP contribution is -2.23. The Labute approximate surface area is 215 Å². The summed E-state index contributed by atoms with van der Waals surface area (Å²) in [5, 5.41) is 0. The van der Waals surface area contributed by atoms with Crippen LogP contribution in [0.2, 0.25) is 0 Å². The number of aromatic nitrogens is 1. The second kappa shape index (κ2) is 10.9. The molecule has 9 nitrogen and oxygen atoms in total. The molecule has 0 aliphatic heterocycles. The van der Waals surface area contributed by atoms with Crippen LogP contribution in [0.4, 0.5) is 10.1 Å². The van der Waals surface area contributed by atoms with E-state index in [0.717, 1.165) is 11.3 Å². The van der Waals surface area contributed by atoms with Crippen LogP contribution in [0.25, 0.3) is 10.2 Å². The summed E-state index contributed by atoms with van der Waals surface area (Å²) >= 11 is 1.06. The molecule has 0 aliphatic carbocycles. The van der Waals surface area contributed by atoms with Crippen molar-refractivity contribution in [1.29, 1.82) is 0 Å². The van der Waals surface area contributed by atoms with E-state index in [0.29, 0.717) is 10.4 Å². The van der Waals surface area contributed by atoms with Crippen molar-refractivity contribution in [3.63, 3.8) is 0 Å². The van der Waals surface area contributed by atoms with E-state index < -0.39 is 27.7 Å². The third-order valence-electron chi connectivity index (χ3n) is 5.20. The highest BCUT2D eigenvalue weighted by Gasteiger charge is 2.17. The number of nitrogens with zero attached hydrogens (tertiary/aromatic N) is 2. The van der Waals surface area contributed by atoms with Crippen molar-refractivity contribution in [2.24, 2.45) is 4.99 Å². The van der Waals surface area contributed by atoms with Gasteiger partial charge in [-0.05, 0) is 67.6 Å². The Morgan fingerprint density at radius 2 is 1.76 bits per heavy atom. The van der Waals surface area contributed by atoms with Crippen molar-refractivity contribution >= 4 is 49.1 Å². The molecular formula is C25H22FN3O6S2. The number of sulfonamides is 1. The fourth-order valence-corrected chi connectivity index (χ4v) is 5.56. The largest absolute Gasteiger partial charge is 0.497 e. The molecule has 0 unspecified atom stereocenters. The predicted octanol–water partition coefficient (Wildman–Crippen LogP) is 3.96. The van der Waals surface area contributed by atoms with Crippen LogP contribution >= 0.6 is 11.3 Å².